The van der Waals surface area contributed by atoms with Crippen molar-refractivity contribution < 1.29 is 76.6 Å². The number of nitrogens with zero attached hydrogens (tertiary/aromatic N) is 8. The van der Waals surface area contributed by atoms with Crippen LogP contribution in [0.25, 0.3) is 0 Å². The van der Waals surface area contributed by atoms with Crippen LogP contribution in [0.1, 0.15) is 175 Å². The van der Waals surface area contributed by atoms with E-state index in [1.165, 1.54) is 87.6 Å². The maximum Gasteiger partial charge on any atom is 0.305 e. The zero-order chi connectivity index (χ0) is 74.5. The Bertz CT molecular complexity index is 2690. The largest absolute Gasteiger partial charge is 0.466 e. The summed E-state index contributed by atoms with van der Waals surface area (Å²) in [4.78, 5) is 192. The predicted octanol–water partition coefficient (Wildman–Crippen LogP) is 3.22. The molecule has 0 aromatic heterocycles. The highest BCUT2D eigenvalue weighted by Gasteiger charge is 2.55. The Hall–Kier alpha value is -6.52. The average Bonchev–Trinajstić information content (AvgIpc) is 0.754. The summed E-state index contributed by atoms with van der Waals surface area (Å²) in [6, 6.07) is -13.9. The standard InChI is InChI=1S/C70H124N12O16/c1-24-50-66(90)75(18)48(16)65(89)80(23)57(49(17)97-34-27-26-31-81-32-35-95-36-33-81)62(86)74-55(43(9)10)69(93)76(19)51(37-40(3)4)61(85)71-46(14)60(84)72-47(15)64(88)77(20)52(38-41(5)6)67(91)78(21)53(39-42(7)8)68(92)79(22)56(44(11)12)70(94)82-58(63(87)73-50)59(98-82)45(13)29-28-30-54(83)96-25-2/h40-53,55-59H,24-39H2,1-23H3,(H,71,85)(H,72,84)(H,73,87)(H,74,86)/t45-,46+,47-,48-,49-,50+,51+,52+,53+,55+,56+,57+,58+,59-/m1/s1. The third-order valence-corrected chi connectivity index (χ3v) is 19.1. The lowest BCUT2D eigenvalue weighted by Crippen LogP contribution is -2.72. The van der Waals surface area contributed by atoms with Gasteiger partial charge in [-0.2, -0.15) is 0 Å². The lowest BCUT2D eigenvalue weighted by Gasteiger charge is -2.50. The summed E-state index contributed by atoms with van der Waals surface area (Å²) in [6.07, 6.45) is 0.627. The fourth-order valence-electron chi connectivity index (χ4n) is 12.9. The predicted molar refractivity (Wildman–Crippen MR) is 369 cm³/mol. The molecular weight excluding hydrogens is 1260 g/mol. The molecule has 11 amide bonds. The van der Waals surface area contributed by atoms with Crippen LogP contribution in [0.15, 0.2) is 0 Å². The fourth-order valence-corrected chi connectivity index (χ4v) is 12.9. The molecule has 0 aliphatic carbocycles. The number of carbonyl (C=O) groups is 12. The number of likely N-dealkylation sites (N-methyl/N-ethyl adjacent to an activating group) is 6. The Kier molecular flexibility index (Phi) is 35.0. The third kappa shape index (κ3) is 23.5. The quantitative estimate of drug-likeness (QED) is 0.0893. The number of fused-ring (bicyclic) bond motifs is 1. The molecule has 3 fully saturated rings. The first kappa shape index (κ1) is 85.7. The number of morpholine rings is 1. The molecule has 0 bridgehead atoms. The van der Waals surface area contributed by atoms with Crippen LogP contribution in [0.4, 0.5) is 0 Å². The summed E-state index contributed by atoms with van der Waals surface area (Å²) in [5, 5.41) is 12.1. The molecule has 3 aliphatic heterocycles. The molecule has 0 radical (unpaired) electrons. The van der Waals surface area contributed by atoms with Crippen LogP contribution >= 0.6 is 0 Å². The van der Waals surface area contributed by atoms with Gasteiger partial charge in [0.25, 0.3) is 5.91 Å². The second kappa shape index (κ2) is 40.1. The van der Waals surface area contributed by atoms with Gasteiger partial charge in [0.15, 0.2) is 6.04 Å². The van der Waals surface area contributed by atoms with Gasteiger partial charge in [-0.1, -0.05) is 83.1 Å². The van der Waals surface area contributed by atoms with E-state index >= 15 is 24.0 Å². The minimum atomic E-state index is -1.40. The van der Waals surface area contributed by atoms with E-state index in [4.69, 9.17) is 19.0 Å². The maximum absolute atomic E-state index is 15.3. The molecule has 3 rings (SSSR count). The monoisotopic (exact) mass is 1390 g/mol. The lowest BCUT2D eigenvalue weighted by molar-refractivity contribution is -0.322. The first-order chi connectivity index (χ1) is 45.8. The first-order valence-electron chi connectivity index (χ1n) is 35.7. The van der Waals surface area contributed by atoms with E-state index in [-0.39, 0.29) is 63.1 Å². The van der Waals surface area contributed by atoms with Gasteiger partial charge in [0, 0.05) is 68.4 Å². The van der Waals surface area contributed by atoms with Crippen LogP contribution < -0.4 is 21.3 Å². The van der Waals surface area contributed by atoms with Crippen LogP contribution in [0.3, 0.4) is 0 Å². The summed E-state index contributed by atoms with van der Waals surface area (Å²) < 4.78 is 17.0. The normalized spacial score (nSPS) is 27.8. The van der Waals surface area contributed by atoms with Crippen molar-refractivity contribution in [3.05, 3.63) is 0 Å². The molecule has 0 unspecified atom stereocenters. The topological polar surface area (TPSA) is 316 Å². The van der Waals surface area contributed by atoms with Gasteiger partial charge in [0.2, 0.25) is 59.1 Å². The van der Waals surface area contributed by atoms with Gasteiger partial charge in [-0.05, 0) is 128 Å². The lowest BCUT2D eigenvalue weighted by atomic mass is 9.88. The number of hydrogen-bond acceptors (Lipinski definition) is 17. The summed E-state index contributed by atoms with van der Waals surface area (Å²) in [5.74, 6) is -10.2. The van der Waals surface area contributed by atoms with Crippen molar-refractivity contribution in [1.29, 1.82) is 0 Å². The number of hydrogen-bond donors (Lipinski definition) is 4. The second-order valence-electron chi connectivity index (χ2n) is 29.2. The maximum atomic E-state index is 15.3. The van der Waals surface area contributed by atoms with E-state index in [0.717, 1.165) is 36.0 Å². The number of ether oxygens (including phenoxy) is 3. The van der Waals surface area contributed by atoms with Crippen molar-refractivity contribution in [2.24, 2.45) is 35.5 Å². The third-order valence-electron chi connectivity index (χ3n) is 19.1. The summed E-state index contributed by atoms with van der Waals surface area (Å²) in [5.41, 5.74) is 0. The highest BCUT2D eigenvalue weighted by molar-refractivity contribution is 6.00. The molecule has 0 aromatic rings. The molecule has 0 spiro atoms. The second-order valence-corrected chi connectivity index (χ2v) is 29.2. The van der Waals surface area contributed by atoms with Crippen LogP contribution in [0, 0.1) is 35.5 Å². The van der Waals surface area contributed by atoms with Crippen LogP contribution in [-0.2, 0) is 76.6 Å². The van der Waals surface area contributed by atoms with Gasteiger partial charge in [-0.25, -0.2) is 5.06 Å². The minimum Gasteiger partial charge on any atom is -0.466 e. The number of esters is 1. The van der Waals surface area contributed by atoms with Gasteiger partial charge in [0.05, 0.1) is 25.9 Å². The molecule has 560 valence electrons. The number of amides is 11. The minimum absolute atomic E-state index is 0.0114. The van der Waals surface area contributed by atoms with E-state index < -0.39 is 167 Å². The number of rotatable bonds is 22. The van der Waals surface area contributed by atoms with Gasteiger partial charge < -0.3 is 64.9 Å². The average molecular weight is 1390 g/mol. The van der Waals surface area contributed by atoms with Crippen molar-refractivity contribution in [2.75, 3.05) is 88.3 Å². The SMILES string of the molecule is CCOC(=O)CCC[C@@H](C)[C@H]1ON2C(=O)[C@H](C(C)C)N(C)C(=O)[C@H](CC(C)C)N(C)C(=O)[C@H](CC(C)C)N(C)C(=O)[C@@H](C)NC(=O)[C@H](C)NC(=O)[C@H](CC(C)C)N(C)C(=O)[C@H](C(C)C)NC(=O)[C@H]([C@@H](C)OCCCCN3CCOCC3)N(C)C(=O)[C@@H](C)N(C)C(=O)[C@H](CC)NC(=O)[C@H]12. The zero-order valence-electron chi connectivity index (χ0n) is 63.4. The van der Waals surface area contributed by atoms with Crippen molar-refractivity contribution in [3.8, 4) is 0 Å². The Morgan fingerprint density at radius 1 is 0.520 bits per heavy atom. The van der Waals surface area contributed by atoms with E-state index in [2.05, 4.69) is 26.2 Å². The number of hydroxylamine groups is 2. The van der Waals surface area contributed by atoms with E-state index in [1.807, 2.05) is 41.5 Å². The van der Waals surface area contributed by atoms with Gasteiger partial charge in [-0.3, -0.25) is 67.3 Å². The Balaban J connectivity index is 2.30. The summed E-state index contributed by atoms with van der Waals surface area (Å²) >= 11 is 0. The Morgan fingerprint density at radius 2 is 1.04 bits per heavy atom. The molecular formula is C70H124N12O16. The molecule has 28 heteroatoms. The number of nitrogens with one attached hydrogen (secondary N) is 4. The van der Waals surface area contributed by atoms with E-state index in [0.29, 0.717) is 32.5 Å². The molecule has 4 N–H and O–H groups in total. The number of carbonyl (C=O) groups excluding carboxylic acids is 12. The summed E-state index contributed by atoms with van der Waals surface area (Å²) in [7, 11) is 8.56. The van der Waals surface area contributed by atoms with Gasteiger partial charge >= 0.3 is 5.97 Å². The molecule has 0 saturated carbocycles. The first-order valence-corrected chi connectivity index (χ1v) is 35.7. The van der Waals surface area contributed by atoms with Crippen LogP contribution in [0.5, 0.6) is 0 Å². The molecule has 3 saturated heterocycles. The highest BCUT2D eigenvalue weighted by atomic mass is 16.7. The summed E-state index contributed by atoms with van der Waals surface area (Å²) in [6.45, 7) is 33.3. The Morgan fingerprint density at radius 3 is 1.57 bits per heavy atom. The molecule has 3 aliphatic rings. The molecule has 14 atom stereocenters. The van der Waals surface area contributed by atoms with Gasteiger partial charge in [-0.15, -0.1) is 0 Å². The van der Waals surface area contributed by atoms with Crippen LogP contribution in [0.2, 0.25) is 0 Å². The number of unbranched alkanes of at least 4 members (excludes halogenated alkanes) is 1. The molecule has 98 heavy (non-hydrogen) atoms. The molecule has 28 nitrogen and oxygen atoms in total. The van der Waals surface area contributed by atoms with E-state index in [1.54, 1.807) is 55.4 Å². The zero-order valence-corrected chi connectivity index (χ0v) is 63.4. The van der Waals surface area contributed by atoms with Crippen molar-refractivity contribution in [2.45, 2.75) is 254 Å². The smallest absolute Gasteiger partial charge is 0.305 e. The van der Waals surface area contributed by atoms with E-state index in [9.17, 15) is 33.6 Å². The fraction of sp³-hybridized carbons (Fsp3) is 0.829. The van der Waals surface area contributed by atoms with Crippen molar-refractivity contribution >= 4 is 70.9 Å². The van der Waals surface area contributed by atoms with Crippen molar-refractivity contribution in [1.82, 2.24) is 60.6 Å². The molecule has 3 heterocycles. The van der Waals surface area contributed by atoms with Crippen molar-refractivity contribution in [3.63, 3.8) is 0 Å². The Labute approximate surface area is 584 Å². The highest BCUT2D eigenvalue weighted by Crippen LogP contribution is 2.34. The van der Waals surface area contributed by atoms with Gasteiger partial charge in [0.1, 0.15) is 66.5 Å². The van der Waals surface area contributed by atoms with Crippen LogP contribution in [-0.4, -0.2) is 277 Å². The molecule has 0 aromatic carbocycles.